The number of thioether (sulfide) groups is 1. The fourth-order valence-corrected chi connectivity index (χ4v) is 5.57. The van der Waals surface area contributed by atoms with E-state index in [2.05, 4.69) is 22.9 Å². The zero-order valence-corrected chi connectivity index (χ0v) is 20.3. The molecule has 4 rings (SSSR count). The zero-order valence-electron chi connectivity index (χ0n) is 19.5. The van der Waals surface area contributed by atoms with Gasteiger partial charge in [-0.2, -0.15) is 0 Å². The lowest BCUT2D eigenvalue weighted by Gasteiger charge is -2.31. The molecule has 1 N–H and O–H groups in total. The molecule has 1 aliphatic heterocycles. The molecule has 2 heterocycles. The van der Waals surface area contributed by atoms with Crippen LogP contribution in [0.5, 0.6) is 0 Å². The summed E-state index contributed by atoms with van der Waals surface area (Å²) in [5, 5.41) is 5.05. The van der Waals surface area contributed by atoms with Crippen LogP contribution >= 0.6 is 11.8 Å². The number of carbonyl (C=O) groups excluding carboxylic acids is 2. The summed E-state index contributed by atoms with van der Waals surface area (Å²) in [4.78, 5) is 29.0. The van der Waals surface area contributed by atoms with Crippen LogP contribution in [0.15, 0.2) is 53.6 Å². The molecular weight excluding hydrogens is 434 g/mol. The summed E-state index contributed by atoms with van der Waals surface area (Å²) in [5.74, 6) is 0.0603. The number of nitrogens with zero attached hydrogens (tertiary/aromatic N) is 2. The van der Waals surface area contributed by atoms with E-state index in [0.29, 0.717) is 19.8 Å². The van der Waals surface area contributed by atoms with Crippen LogP contribution in [0.25, 0.3) is 10.9 Å². The number of fused-ring (bicyclic) bond motifs is 3. The van der Waals surface area contributed by atoms with Crippen LogP contribution < -0.4 is 10.2 Å². The second kappa shape index (κ2) is 10.4. The van der Waals surface area contributed by atoms with E-state index < -0.39 is 6.04 Å². The summed E-state index contributed by atoms with van der Waals surface area (Å²) in [6.07, 6.45) is 1.50. The Morgan fingerprint density at radius 3 is 2.70 bits per heavy atom. The number of carbonyl (C=O) groups is 2. The van der Waals surface area contributed by atoms with Gasteiger partial charge in [0.1, 0.15) is 6.04 Å². The van der Waals surface area contributed by atoms with Crippen molar-refractivity contribution in [2.75, 3.05) is 30.4 Å². The van der Waals surface area contributed by atoms with Crippen LogP contribution in [0.4, 0.5) is 5.69 Å². The summed E-state index contributed by atoms with van der Waals surface area (Å²) < 4.78 is 7.52. The predicted octanol–water partition coefficient (Wildman–Crippen LogP) is 4.46. The maximum absolute atomic E-state index is 13.8. The lowest BCUT2D eigenvalue weighted by molar-refractivity contribution is -0.125. The smallest absolute Gasteiger partial charge is 0.247 e. The van der Waals surface area contributed by atoms with E-state index in [4.69, 9.17) is 4.74 Å². The Morgan fingerprint density at radius 2 is 1.91 bits per heavy atom. The fourth-order valence-electron chi connectivity index (χ4n) is 4.50. The van der Waals surface area contributed by atoms with Gasteiger partial charge in [-0.1, -0.05) is 55.1 Å². The number of aromatic nitrogens is 1. The number of rotatable bonds is 8. The quantitative estimate of drug-likeness (QED) is 0.499. The highest BCUT2D eigenvalue weighted by molar-refractivity contribution is 8.00. The topological polar surface area (TPSA) is 63.6 Å². The number of aryl methyl sites for hydroxylation is 2. The summed E-state index contributed by atoms with van der Waals surface area (Å²) in [6, 6.07) is 15.2. The maximum atomic E-state index is 13.8. The molecule has 0 radical (unpaired) electrons. The highest BCUT2D eigenvalue weighted by Gasteiger charge is 2.40. The minimum absolute atomic E-state index is 0.0596. The van der Waals surface area contributed by atoms with Gasteiger partial charge in [0.2, 0.25) is 11.8 Å². The number of ether oxygens (including phenoxy) is 1. The van der Waals surface area contributed by atoms with Crippen molar-refractivity contribution in [3.8, 4) is 0 Å². The van der Waals surface area contributed by atoms with E-state index in [1.165, 1.54) is 11.8 Å². The normalized spacial score (nSPS) is 16.0. The van der Waals surface area contributed by atoms with Crippen LogP contribution in [0.2, 0.25) is 0 Å². The van der Waals surface area contributed by atoms with Crippen LogP contribution in [-0.2, 0) is 27.8 Å². The average molecular weight is 466 g/mol. The number of anilines is 1. The number of nitrogens with one attached hydrogen (secondary N) is 1. The van der Waals surface area contributed by atoms with Gasteiger partial charge in [-0.15, -0.1) is 0 Å². The molecule has 0 bridgehead atoms. The second-order valence-corrected chi connectivity index (χ2v) is 9.04. The molecule has 0 aliphatic carbocycles. The molecule has 6 nitrogen and oxygen atoms in total. The molecular formula is C26H31N3O3S. The van der Waals surface area contributed by atoms with Crippen LogP contribution in [0.1, 0.15) is 37.4 Å². The summed E-state index contributed by atoms with van der Waals surface area (Å²) in [5.41, 5.74) is 3.81. The van der Waals surface area contributed by atoms with Gasteiger partial charge in [0.25, 0.3) is 0 Å². The van der Waals surface area contributed by atoms with E-state index in [9.17, 15) is 9.59 Å². The van der Waals surface area contributed by atoms with Crippen molar-refractivity contribution in [3.05, 3.63) is 59.7 Å². The standard InChI is InChI=1S/C26H31N3O3S/c1-4-18-11-6-8-13-20(18)29-22(30)17-33-26-23(19-12-7-9-14-21(19)28(26)3)24(29)25(31)27-15-10-16-32-5-2/h6-9,11-14,24H,4-5,10,15-17H2,1-3H3,(H,27,31)/t24-/m0/s1. The Labute approximate surface area is 199 Å². The van der Waals surface area contributed by atoms with Crippen molar-refractivity contribution in [2.45, 2.75) is 37.8 Å². The molecule has 0 unspecified atom stereocenters. The fraction of sp³-hybridized carbons (Fsp3) is 0.385. The molecule has 174 valence electrons. The minimum atomic E-state index is -0.742. The van der Waals surface area contributed by atoms with Crippen molar-refractivity contribution in [1.29, 1.82) is 0 Å². The minimum Gasteiger partial charge on any atom is -0.382 e. The lowest BCUT2D eigenvalue weighted by Crippen LogP contribution is -2.44. The third-order valence-corrected chi connectivity index (χ3v) is 7.23. The first-order valence-corrected chi connectivity index (χ1v) is 12.5. The van der Waals surface area contributed by atoms with Gasteiger partial charge < -0.3 is 14.6 Å². The second-order valence-electron chi connectivity index (χ2n) is 8.07. The number of hydrogen-bond acceptors (Lipinski definition) is 4. The summed E-state index contributed by atoms with van der Waals surface area (Å²) in [6.45, 7) is 5.78. The molecule has 7 heteroatoms. The third-order valence-electron chi connectivity index (χ3n) is 6.07. The van der Waals surface area contributed by atoms with Crippen molar-refractivity contribution >= 4 is 40.2 Å². The van der Waals surface area contributed by atoms with Crippen molar-refractivity contribution in [1.82, 2.24) is 9.88 Å². The average Bonchev–Trinajstić information content (AvgIpc) is 3.01. The van der Waals surface area contributed by atoms with Gasteiger partial charge in [0.15, 0.2) is 0 Å². The molecule has 3 aromatic rings. The molecule has 33 heavy (non-hydrogen) atoms. The van der Waals surface area contributed by atoms with E-state index >= 15 is 0 Å². The first-order chi connectivity index (χ1) is 16.1. The molecule has 0 spiro atoms. The van der Waals surface area contributed by atoms with Gasteiger partial charge in [-0.05, 0) is 37.5 Å². The maximum Gasteiger partial charge on any atom is 0.247 e. The highest BCUT2D eigenvalue weighted by atomic mass is 32.2. The first-order valence-electron chi connectivity index (χ1n) is 11.5. The Kier molecular flexibility index (Phi) is 7.40. The van der Waals surface area contributed by atoms with Crippen molar-refractivity contribution in [3.63, 3.8) is 0 Å². The Morgan fingerprint density at radius 1 is 1.15 bits per heavy atom. The monoisotopic (exact) mass is 465 g/mol. The van der Waals surface area contributed by atoms with E-state index in [1.54, 1.807) is 4.90 Å². The Bertz CT molecular complexity index is 1160. The molecule has 2 amide bonds. The number of benzene rings is 2. The van der Waals surface area contributed by atoms with Crippen molar-refractivity contribution in [2.24, 2.45) is 7.05 Å². The highest BCUT2D eigenvalue weighted by Crippen LogP contribution is 2.44. The predicted molar refractivity (Wildman–Crippen MR) is 134 cm³/mol. The molecule has 1 atom stereocenters. The van der Waals surface area contributed by atoms with Gasteiger partial charge in [0.05, 0.1) is 10.8 Å². The van der Waals surface area contributed by atoms with Gasteiger partial charge in [-0.3, -0.25) is 14.5 Å². The molecule has 1 aliphatic rings. The summed E-state index contributed by atoms with van der Waals surface area (Å²) in [7, 11) is 2.01. The van der Waals surface area contributed by atoms with Gasteiger partial charge >= 0.3 is 0 Å². The first kappa shape index (κ1) is 23.4. The summed E-state index contributed by atoms with van der Waals surface area (Å²) >= 11 is 1.51. The molecule has 0 fully saturated rings. The lowest BCUT2D eigenvalue weighted by atomic mass is 10.00. The zero-order chi connectivity index (χ0) is 23.4. The number of amides is 2. The molecule has 0 saturated carbocycles. The van der Waals surface area contributed by atoms with Crippen LogP contribution in [-0.4, -0.2) is 41.9 Å². The van der Waals surface area contributed by atoms with Gasteiger partial charge in [0, 0.05) is 49.0 Å². The van der Waals surface area contributed by atoms with Crippen LogP contribution in [0, 0.1) is 0 Å². The third kappa shape index (κ3) is 4.52. The molecule has 2 aromatic carbocycles. The van der Waals surface area contributed by atoms with Crippen molar-refractivity contribution < 1.29 is 14.3 Å². The van der Waals surface area contributed by atoms with E-state index in [-0.39, 0.29) is 17.6 Å². The molecule has 1 aromatic heterocycles. The van der Waals surface area contributed by atoms with E-state index in [1.807, 2.05) is 56.4 Å². The van der Waals surface area contributed by atoms with E-state index in [0.717, 1.165) is 45.6 Å². The Balaban J connectivity index is 1.84. The largest absolute Gasteiger partial charge is 0.382 e. The van der Waals surface area contributed by atoms with Gasteiger partial charge in [-0.25, -0.2) is 0 Å². The number of para-hydroxylation sites is 2. The Hall–Kier alpha value is -2.77. The van der Waals surface area contributed by atoms with Crippen LogP contribution in [0.3, 0.4) is 0 Å². The molecule has 0 saturated heterocycles. The number of hydrogen-bond donors (Lipinski definition) is 1. The SMILES string of the molecule is CCOCCCNC(=O)[C@@H]1c2c(n(C)c3ccccc23)SCC(=O)N1c1ccccc1CC.